The van der Waals surface area contributed by atoms with Crippen LogP contribution in [0.4, 0.5) is 23.7 Å². The van der Waals surface area contributed by atoms with Crippen molar-refractivity contribution in [1.82, 2.24) is 5.32 Å². The molecule has 0 aliphatic rings. The molecule has 2 aromatic carbocycles. The molecule has 2 amide bonds. The number of rotatable bonds is 5. The summed E-state index contributed by atoms with van der Waals surface area (Å²) in [5.74, 6) is 0. The Morgan fingerprint density at radius 1 is 1.08 bits per heavy atom. The largest absolute Gasteiger partial charge is 0.416 e. The van der Waals surface area contributed by atoms with Gasteiger partial charge in [0.05, 0.1) is 11.7 Å². The van der Waals surface area contributed by atoms with E-state index >= 15 is 0 Å². The summed E-state index contributed by atoms with van der Waals surface area (Å²) in [7, 11) is 0. The lowest BCUT2D eigenvalue weighted by Crippen LogP contribution is -2.30. The van der Waals surface area contributed by atoms with Gasteiger partial charge in [-0.2, -0.15) is 13.2 Å². The molecule has 0 spiro atoms. The van der Waals surface area contributed by atoms with Crippen LogP contribution in [0.5, 0.6) is 0 Å². The van der Waals surface area contributed by atoms with Gasteiger partial charge < -0.3 is 15.7 Å². The van der Waals surface area contributed by atoms with Crippen LogP contribution in [0, 0.1) is 0 Å². The van der Waals surface area contributed by atoms with Crippen LogP contribution < -0.4 is 10.6 Å². The molecule has 0 bridgehead atoms. The van der Waals surface area contributed by atoms with Gasteiger partial charge in [0.1, 0.15) is 0 Å². The number of benzene rings is 2. The van der Waals surface area contributed by atoms with Gasteiger partial charge >= 0.3 is 12.2 Å². The van der Waals surface area contributed by atoms with Crippen LogP contribution in [0.15, 0.2) is 54.6 Å². The molecule has 2 rings (SSSR count). The fraction of sp³-hybridized carbons (Fsp3) is 0.235. The van der Waals surface area contributed by atoms with Gasteiger partial charge in [0.2, 0.25) is 0 Å². The average molecular weight is 338 g/mol. The number of halogens is 3. The van der Waals surface area contributed by atoms with Crippen molar-refractivity contribution in [3.05, 3.63) is 65.7 Å². The maximum Gasteiger partial charge on any atom is 0.416 e. The van der Waals surface area contributed by atoms with Crippen LogP contribution in [0.3, 0.4) is 0 Å². The molecule has 0 aromatic heterocycles. The van der Waals surface area contributed by atoms with E-state index in [1.165, 1.54) is 12.1 Å². The molecule has 0 radical (unpaired) electrons. The number of hydrogen-bond donors (Lipinski definition) is 3. The van der Waals surface area contributed by atoms with Crippen molar-refractivity contribution in [2.45, 2.75) is 18.7 Å². The summed E-state index contributed by atoms with van der Waals surface area (Å²) in [4.78, 5) is 11.7. The van der Waals surface area contributed by atoms with E-state index in [1.807, 2.05) is 6.07 Å². The first kappa shape index (κ1) is 17.8. The molecule has 1 atom stereocenters. The second-order valence-electron chi connectivity index (χ2n) is 5.17. The third-order valence-electron chi connectivity index (χ3n) is 3.34. The van der Waals surface area contributed by atoms with E-state index < -0.39 is 23.9 Å². The van der Waals surface area contributed by atoms with Crippen LogP contribution in [0.2, 0.25) is 0 Å². The Hall–Kier alpha value is -2.54. The highest BCUT2D eigenvalue weighted by molar-refractivity contribution is 5.89. The molecule has 0 aliphatic heterocycles. The quantitative estimate of drug-likeness (QED) is 0.773. The maximum atomic E-state index is 12.6. The number of aliphatic hydroxyl groups excluding tert-OH is 1. The van der Waals surface area contributed by atoms with Crippen LogP contribution in [-0.4, -0.2) is 17.7 Å². The fourth-order valence-corrected chi connectivity index (χ4v) is 2.11. The lowest BCUT2D eigenvalue weighted by atomic mass is 10.1. The fourth-order valence-electron chi connectivity index (χ4n) is 2.11. The summed E-state index contributed by atoms with van der Waals surface area (Å²) in [6.07, 6.45) is -4.89. The highest BCUT2D eigenvalue weighted by atomic mass is 19.4. The molecule has 0 heterocycles. The number of alkyl halides is 3. The Bertz CT molecular complexity index is 675. The van der Waals surface area contributed by atoms with E-state index in [9.17, 15) is 23.1 Å². The lowest BCUT2D eigenvalue weighted by molar-refractivity contribution is -0.137. The molecule has 7 heteroatoms. The number of carbonyl (C=O) groups is 1. The van der Waals surface area contributed by atoms with E-state index in [2.05, 4.69) is 10.6 Å². The minimum Gasteiger partial charge on any atom is -0.388 e. The lowest BCUT2D eigenvalue weighted by Gasteiger charge is -2.13. The molecule has 0 saturated carbocycles. The highest BCUT2D eigenvalue weighted by Crippen LogP contribution is 2.30. The number of hydrogen-bond acceptors (Lipinski definition) is 2. The number of urea groups is 1. The predicted octanol–water partition coefficient (Wildman–Crippen LogP) is 3.95. The minimum atomic E-state index is -4.46. The van der Waals surface area contributed by atoms with Crippen LogP contribution in [0.1, 0.15) is 23.7 Å². The molecule has 0 unspecified atom stereocenters. The maximum absolute atomic E-state index is 12.6. The van der Waals surface area contributed by atoms with Crippen molar-refractivity contribution in [2.75, 3.05) is 11.9 Å². The van der Waals surface area contributed by atoms with E-state index in [4.69, 9.17) is 0 Å². The Kier molecular flexibility index (Phi) is 5.81. The number of aliphatic hydroxyl groups is 1. The first-order chi connectivity index (χ1) is 11.4. The molecular formula is C17H17F3N2O2. The number of nitrogens with one attached hydrogen (secondary N) is 2. The Morgan fingerprint density at radius 3 is 2.46 bits per heavy atom. The highest BCUT2D eigenvalue weighted by Gasteiger charge is 2.30. The van der Waals surface area contributed by atoms with Crippen molar-refractivity contribution in [3.8, 4) is 0 Å². The predicted molar refractivity (Wildman–Crippen MR) is 84.5 cm³/mol. The minimum absolute atomic E-state index is 0.0472. The van der Waals surface area contributed by atoms with Crippen molar-refractivity contribution in [2.24, 2.45) is 0 Å². The summed E-state index contributed by atoms with van der Waals surface area (Å²) < 4.78 is 37.8. The number of anilines is 1. The van der Waals surface area contributed by atoms with Gasteiger partial charge in [-0.3, -0.25) is 0 Å². The van der Waals surface area contributed by atoms with Crippen LogP contribution in [0.25, 0.3) is 0 Å². The van der Waals surface area contributed by atoms with Crippen molar-refractivity contribution < 1.29 is 23.1 Å². The van der Waals surface area contributed by atoms with Crippen LogP contribution in [-0.2, 0) is 6.18 Å². The summed E-state index contributed by atoms with van der Waals surface area (Å²) in [6, 6.07) is 12.7. The van der Waals surface area contributed by atoms with E-state index in [0.717, 1.165) is 17.7 Å². The second kappa shape index (κ2) is 7.83. The summed E-state index contributed by atoms with van der Waals surface area (Å²) in [6.45, 7) is 0.181. The first-order valence-corrected chi connectivity index (χ1v) is 7.31. The number of carbonyl (C=O) groups excluding carboxylic acids is 1. The molecule has 0 saturated heterocycles. The van der Waals surface area contributed by atoms with Gasteiger partial charge in [-0.1, -0.05) is 36.4 Å². The summed E-state index contributed by atoms with van der Waals surface area (Å²) in [5.41, 5.74) is -0.0525. The third kappa shape index (κ3) is 5.27. The molecule has 0 fully saturated rings. The zero-order valence-corrected chi connectivity index (χ0v) is 12.7. The van der Waals surface area contributed by atoms with Gasteiger partial charge in [-0.25, -0.2) is 4.79 Å². The van der Waals surface area contributed by atoms with Crippen molar-refractivity contribution in [1.29, 1.82) is 0 Å². The van der Waals surface area contributed by atoms with E-state index in [-0.39, 0.29) is 12.2 Å². The van der Waals surface area contributed by atoms with Gasteiger partial charge in [0.15, 0.2) is 0 Å². The Labute approximate surface area is 137 Å². The van der Waals surface area contributed by atoms with E-state index in [1.54, 1.807) is 24.3 Å². The summed E-state index contributed by atoms with van der Waals surface area (Å²) in [5, 5.41) is 14.8. The Morgan fingerprint density at radius 2 is 1.79 bits per heavy atom. The SMILES string of the molecule is O=C(NCC[C@H](O)c1ccccc1)Nc1cccc(C(F)(F)F)c1. The van der Waals surface area contributed by atoms with Crippen LogP contribution >= 0.6 is 0 Å². The van der Waals surface area contributed by atoms with Gasteiger partial charge in [0.25, 0.3) is 0 Å². The zero-order chi connectivity index (χ0) is 17.6. The second-order valence-corrected chi connectivity index (χ2v) is 5.17. The monoisotopic (exact) mass is 338 g/mol. The topological polar surface area (TPSA) is 61.4 Å². The zero-order valence-electron chi connectivity index (χ0n) is 12.7. The van der Waals surface area contributed by atoms with Gasteiger partial charge in [-0.15, -0.1) is 0 Å². The molecular weight excluding hydrogens is 321 g/mol. The molecule has 128 valence electrons. The third-order valence-corrected chi connectivity index (χ3v) is 3.34. The average Bonchev–Trinajstić information content (AvgIpc) is 2.55. The molecule has 2 aromatic rings. The molecule has 24 heavy (non-hydrogen) atoms. The van der Waals surface area contributed by atoms with Crippen molar-refractivity contribution >= 4 is 11.7 Å². The molecule has 0 aliphatic carbocycles. The smallest absolute Gasteiger partial charge is 0.388 e. The van der Waals surface area contributed by atoms with Gasteiger partial charge in [-0.05, 0) is 30.2 Å². The van der Waals surface area contributed by atoms with Gasteiger partial charge in [0, 0.05) is 12.2 Å². The first-order valence-electron chi connectivity index (χ1n) is 7.31. The Balaban J connectivity index is 1.81. The van der Waals surface area contributed by atoms with E-state index in [0.29, 0.717) is 6.42 Å². The summed E-state index contributed by atoms with van der Waals surface area (Å²) >= 11 is 0. The molecule has 4 nitrogen and oxygen atoms in total. The molecule has 3 N–H and O–H groups in total. The van der Waals surface area contributed by atoms with Crippen molar-refractivity contribution in [3.63, 3.8) is 0 Å². The number of amides is 2. The normalized spacial score (nSPS) is 12.5. The standard InChI is InChI=1S/C17H17F3N2O2/c18-17(19,20)13-7-4-8-14(11-13)22-16(24)21-10-9-15(23)12-5-2-1-3-6-12/h1-8,11,15,23H,9-10H2,(H2,21,22,24)/t15-/m0/s1.